The van der Waals surface area contributed by atoms with Gasteiger partial charge in [0.15, 0.2) is 5.11 Å². The van der Waals surface area contributed by atoms with Gasteiger partial charge in [-0.15, -0.1) is 0 Å². The number of thiocarbonyl (C=S) groups is 1. The van der Waals surface area contributed by atoms with Crippen molar-refractivity contribution in [3.05, 3.63) is 0 Å². The largest absolute Gasteiger partial charge is 0.360 e. The Balaban J connectivity index is 2.36. The summed E-state index contributed by atoms with van der Waals surface area (Å²) in [5, 5.41) is 6.85. The third-order valence-corrected chi connectivity index (χ3v) is 1.84. The van der Waals surface area contributed by atoms with E-state index in [4.69, 9.17) is 17.0 Å². The highest BCUT2D eigenvalue weighted by molar-refractivity contribution is 7.80. The standard InChI is InChI=1S/C7H14N2OS/c1-3-10-6-4-5(2)8-7(11)9-6/h5-6H,3-4H2,1-2H3,(H2,8,9,11)/t5-,6-/m0/s1. The minimum atomic E-state index is 0.101. The van der Waals surface area contributed by atoms with Crippen molar-refractivity contribution in [2.75, 3.05) is 6.61 Å². The van der Waals surface area contributed by atoms with E-state index in [9.17, 15) is 0 Å². The summed E-state index contributed by atoms with van der Waals surface area (Å²) in [5.41, 5.74) is 0. The van der Waals surface area contributed by atoms with Crippen molar-refractivity contribution in [3.63, 3.8) is 0 Å². The van der Waals surface area contributed by atoms with Gasteiger partial charge in [0, 0.05) is 19.1 Å². The molecule has 0 spiro atoms. The summed E-state index contributed by atoms with van der Waals surface area (Å²) in [6.45, 7) is 4.81. The number of hydrogen-bond acceptors (Lipinski definition) is 2. The van der Waals surface area contributed by atoms with Gasteiger partial charge in [-0.05, 0) is 26.1 Å². The van der Waals surface area contributed by atoms with E-state index in [0.717, 1.165) is 13.0 Å². The van der Waals surface area contributed by atoms with Gasteiger partial charge in [0.05, 0.1) is 0 Å². The first-order chi connectivity index (χ1) is 5.22. The third-order valence-electron chi connectivity index (χ3n) is 1.61. The number of rotatable bonds is 2. The minimum Gasteiger partial charge on any atom is -0.360 e. The third kappa shape index (κ3) is 2.63. The predicted molar refractivity (Wildman–Crippen MR) is 48.4 cm³/mol. The van der Waals surface area contributed by atoms with Crippen LogP contribution in [-0.4, -0.2) is 24.0 Å². The summed E-state index contributed by atoms with van der Waals surface area (Å²) in [6.07, 6.45) is 1.07. The molecule has 0 amide bonds. The lowest BCUT2D eigenvalue weighted by atomic mass is 10.2. The maximum atomic E-state index is 5.39. The van der Waals surface area contributed by atoms with E-state index >= 15 is 0 Å². The molecule has 11 heavy (non-hydrogen) atoms. The lowest BCUT2D eigenvalue weighted by Gasteiger charge is -2.30. The van der Waals surface area contributed by atoms with Crippen molar-refractivity contribution in [1.82, 2.24) is 10.6 Å². The van der Waals surface area contributed by atoms with Crippen molar-refractivity contribution < 1.29 is 4.74 Å². The number of hydrogen-bond donors (Lipinski definition) is 2. The highest BCUT2D eigenvalue weighted by Crippen LogP contribution is 2.04. The van der Waals surface area contributed by atoms with Crippen molar-refractivity contribution in [1.29, 1.82) is 0 Å². The fraction of sp³-hybridized carbons (Fsp3) is 0.857. The first-order valence-corrected chi connectivity index (χ1v) is 4.32. The summed E-state index contributed by atoms with van der Waals surface area (Å²) < 4.78 is 5.39. The van der Waals surface area contributed by atoms with Crippen LogP contribution in [0.25, 0.3) is 0 Å². The zero-order valence-corrected chi connectivity index (χ0v) is 7.70. The Morgan fingerprint density at radius 1 is 1.64 bits per heavy atom. The lowest BCUT2D eigenvalue weighted by molar-refractivity contribution is 0.0347. The van der Waals surface area contributed by atoms with Crippen LogP contribution in [0.3, 0.4) is 0 Å². The quantitative estimate of drug-likeness (QED) is 0.601. The molecular weight excluding hydrogens is 160 g/mol. The van der Waals surface area contributed by atoms with Crippen LogP contribution in [0.4, 0.5) is 0 Å². The van der Waals surface area contributed by atoms with Gasteiger partial charge in [-0.2, -0.15) is 0 Å². The maximum Gasteiger partial charge on any atom is 0.168 e. The molecule has 2 atom stereocenters. The van der Waals surface area contributed by atoms with Crippen LogP contribution in [-0.2, 0) is 4.74 Å². The normalized spacial score (nSPS) is 30.9. The fourth-order valence-corrected chi connectivity index (χ4v) is 1.49. The zero-order valence-electron chi connectivity index (χ0n) is 6.89. The van der Waals surface area contributed by atoms with E-state index in [0.29, 0.717) is 11.2 Å². The molecule has 2 N–H and O–H groups in total. The van der Waals surface area contributed by atoms with E-state index in [-0.39, 0.29) is 6.23 Å². The summed E-state index contributed by atoms with van der Waals surface area (Å²) in [6, 6.07) is 0.417. The molecule has 1 saturated heterocycles. The molecule has 0 aromatic rings. The Labute approximate surface area is 72.5 Å². The molecule has 4 heteroatoms. The van der Waals surface area contributed by atoms with E-state index in [1.165, 1.54) is 0 Å². The highest BCUT2D eigenvalue weighted by atomic mass is 32.1. The Kier molecular flexibility index (Phi) is 3.08. The van der Waals surface area contributed by atoms with E-state index in [1.807, 2.05) is 6.92 Å². The van der Waals surface area contributed by atoms with Crippen LogP contribution in [0.15, 0.2) is 0 Å². The molecule has 0 radical (unpaired) electrons. The number of ether oxygens (including phenoxy) is 1. The Morgan fingerprint density at radius 2 is 2.36 bits per heavy atom. The van der Waals surface area contributed by atoms with E-state index in [1.54, 1.807) is 0 Å². The first-order valence-electron chi connectivity index (χ1n) is 3.91. The molecule has 0 aliphatic carbocycles. The summed E-state index contributed by atoms with van der Waals surface area (Å²) >= 11 is 4.97. The molecule has 1 heterocycles. The summed E-state index contributed by atoms with van der Waals surface area (Å²) in [4.78, 5) is 0. The molecule has 64 valence electrons. The van der Waals surface area contributed by atoms with Gasteiger partial charge in [-0.1, -0.05) is 0 Å². The molecule has 1 rings (SSSR count). The SMILES string of the molecule is CCO[C@H]1C[C@H](C)NC(=S)N1. The van der Waals surface area contributed by atoms with Gasteiger partial charge in [0.2, 0.25) is 0 Å². The van der Waals surface area contributed by atoms with E-state index < -0.39 is 0 Å². The lowest BCUT2D eigenvalue weighted by Crippen LogP contribution is -2.54. The number of nitrogens with one attached hydrogen (secondary N) is 2. The molecule has 0 saturated carbocycles. The van der Waals surface area contributed by atoms with Crippen LogP contribution >= 0.6 is 12.2 Å². The van der Waals surface area contributed by atoms with E-state index in [2.05, 4.69) is 17.6 Å². The van der Waals surface area contributed by atoms with Crippen LogP contribution in [0.5, 0.6) is 0 Å². The molecule has 1 fully saturated rings. The maximum absolute atomic E-state index is 5.39. The first kappa shape index (κ1) is 8.74. The Morgan fingerprint density at radius 3 is 2.91 bits per heavy atom. The van der Waals surface area contributed by atoms with Crippen LogP contribution in [0.2, 0.25) is 0 Å². The Bertz CT molecular complexity index is 151. The van der Waals surface area contributed by atoms with Crippen LogP contribution < -0.4 is 10.6 Å². The van der Waals surface area contributed by atoms with Crippen molar-refractivity contribution >= 4 is 17.3 Å². The zero-order chi connectivity index (χ0) is 8.27. The Hall–Kier alpha value is -0.350. The molecule has 0 aromatic carbocycles. The smallest absolute Gasteiger partial charge is 0.168 e. The van der Waals surface area contributed by atoms with Gasteiger partial charge in [0.25, 0.3) is 0 Å². The second-order valence-corrected chi connectivity index (χ2v) is 3.11. The van der Waals surface area contributed by atoms with Gasteiger partial charge in [-0.25, -0.2) is 0 Å². The summed E-state index contributed by atoms with van der Waals surface area (Å²) in [7, 11) is 0. The second-order valence-electron chi connectivity index (χ2n) is 2.70. The highest BCUT2D eigenvalue weighted by Gasteiger charge is 2.19. The van der Waals surface area contributed by atoms with Crippen molar-refractivity contribution in [3.8, 4) is 0 Å². The minimum absolute atomic E-state index is 0.101. The predicted octanol–water partition coefficient (Wildman–Crippen LogP) is 0.605. The second kappa shape index (κ2) is 3.88. The van der Waals surface area contributed by atoms with Crippen LogP contribution in [0.1, 0.15) is 20.3 Å². The topological polar surface area (TPSA) is 33.3 Å². The van der Waals surface area contributed by atoms with Gasteiger partial charge < -0.3 is 15.4 Å². The molecule has 1 aliphatic heterocycles. The molecular formula is C7H14N2OS. The molecule has 0 bridgehead atoms. The molecule has 3 nitrogen and oxygen atoms in total. The average Bonchev–Trinajstić information content (AvgIpc) is 1.85. The fourth-order valence-electron chi connectivity index (χ4n) is 1.16. The average molecular weight is 174 g/mol. The van der Waals surface area contributed by atoms with Gasteiger partial charge in [-0.3, -0.25) is 0 Å². The van der Waals surface area contributed by atoms with Crippen LogP contribution in [0, 0.1) is 0 Å². The van der Waals surface area contributed by atoms with Crippen molar-refractivity contribution in [2.45, 2.75) is 32.5 Å². The molecule has 1 aliphatic rings. The molecule has 0 aromatic heterocycles. The van der Waals surface area contributed by atoms with Gasteiger partial charge >= 0.3 is 0 Å². The summed E-state index contributed by atoms with van der Waals surface area (Å²) in [5.74, 6) is 0. The van der Waals surface area contributed by atoms with Gasteiger partial charge in [0.1, 0.15) is 6.23 Å². The molecule has 0 unspecified atom stereocenters. The monoisotopic (exact) mass is 174 g/mol. The van der Waals surface area contributed by atoms with Crippen molar-refractivity contribution in [2.24, 2.45) is 0 Å².